The number of phenolic OH excluding ortho intramolecular Hbond substituents is 2. The molecule has 2 aliphatic heterocycles. The summed E-state index contributed by atoms with van der Waals surface area (Å²) >= 11 is 2.38. The quantitative estimate of drug-likeness (QED) is 0.102. The fourth-order valence-corrected chi connectivity index (χ4v) is 6.06. The number of nitrogens with one attached hydrogen (secondary N) is 1. The fourth-order valence-electron chi connectivity index (χ4n) is 3.37. The zero-order valence-corrected chi connectivity index (χ0v) is 22.0. The molecule has 2 aliphatic rings. The van der Waals surface area contributed by atoms with Gasteiger partial charge in [0.2, 0.25) is 15.8 Å². The van der Waals surface area contributed by atoms with Crippen LogP contribution in [0.1, 0.15) is 12.6 Å². The summed E-state index contributed by atoms with van der Waals surface area (Å²) in [4.78, 5) is 46.8. The lowest BCUT2D eigenvalue weighted by molar-refractivity contribution is -0.144. The number of carbonyl (C=O) groups excluding carboxylic acids is 3. The number of β-lactam (4-membered cyclic amide) rings is 1. The average Bonchev–Trinajstić information content (AvgIpc) is 3.30. The zero-order valence-electron chi connectivity index (χ0n) is 19.6. The summed E-state index contributed by atoms with van der Waals surface area (Å²) in [5, 5.41) is 26.3. The van der Waals surface area contributed by atoms with Gasteiger partial charge in [0.25, 0.3) is 11.8 Å². The molecule has 1 aromatic carbocycles. The Kier molecular flexibility index (Phi) is 7.79. The van der Waals surface area contributed by atoms with Crippen LogP contribution in [0.4, 0.5) is 5.13 Å². The van der Waals surface area contributed by atoms with E-state index in [4.69, 9.17) is 15.3 Å². The number of aromatic nitrogens is 1. The second kappa shape index (κ2) is 10.9. The van der Waals surface area contributed by atoms with Gasteiger partial charge in [0.15, 0.2) is 22.3 Å². The minimum absolute atomic E-state index is 0.00756. The van der Waals surface area contributed by atoms with E-state index in [1.54, 1.807) is 6.20 Å². The lowest BCUT2D eigenvalue weighted by Gasteiger charge is -2.47. The minimum Gasteiger partial charge on any atom is -0.504 e. The van der Waals surface area contributed by atoms with Crippen LogP contribution in [-0.4, -0.2) is 81.7 Å². The van der Waals surface area contributed by atoms with Crippen molar-refractivity contribution in [1.82, 2.24) is 15.2 Å². The molecule has 0 bridgehead atoms. The van der Waals surface area contributed by atoms with Gasteiger partial charge in [-0.1, -0.05) is 5.16 Å². The highest BCUT2D eigenvalue weighted by atomic mass is 32.2. The molecule has 38 heavy (non-hydrogen) atoms. The largest absolute Gasteiger partial charge is 0.504 e. The number of phenols is 2. The number of hydrogen-bond donors (Lipinski definition) is 4. The maximum absolute atomic E-state index is 13.1. The predicted octanol–water partition coefficient (Wildman–Crippen LogP) is 0.136. The molecule has 0 spiro atoms. The molecule has 14 nitrogen and oxygen atoms in total. The van der Waals surface area contributed by atoms with Crippen LogP contribution in [-0.2, 0) is 33.8 Å². The maximum Gasteiger partial charge on any atom is 0.302 e. The molecule has 5 N–H and O–H groups in total. The lowest BCUT2D eigenvalue weighted by atomic mass is 10.1. The van der Waals surface area contributed by atoms with Crippen LogP contribution in [0.3, 0.4) is 0 Å². The van der Waals surface area contributed by atoms with Crippen LogP contribution in [0.25, 0.3) is 0 Å². The smallest absolute Gasteiger partial charge is 0.302 e. The summed E-state index contributed by atoms with van der Waals surface area (Å²) in [6.45, 7) is 1.34. The third-order valence-corrected chi connectivity index (χ3v) is 8.68. The minimum atomic E-state index is -4.13. The molecule has 0 saturated carbocycles. The van der Waals surface area contributed by atoms with Crippen molar-refractivity contribution < 1.29 is 42.6 Å². The number of nitrogen functional groups attached to an aromatic ring is 1. The number of oxime groups is 1. The van der Waals surface area contributed by atoms with Crippen molar-refractivity contribution in [1.29, 1.82) is 0 Å². The highest BCUT2D eigenvalue weighted by molar-refractivity contribution is 8.00. The Bertz CT molecular complexity index is 1450. The Morgan fingerprint density at radius 3 is 2.74 bits per heavy atom. The molecule has 2 atom stereocenters. The van der Waals surface area contributed by atoms with Crippen molar-refractivity contribution in [3.8, 4) is 11.5 Å². The number of benzene rings is 1. The van der Waals surface area contributed by atoms with E-state index in [0.29, 0.717) is 5.75 Å². The predicted molar refractivity (Wildman–Crippen MR) is 136 cm³/mol. The number of thiazole rings is 1. The van der Waals surface area contributed by atoms with E-state index in [1.807, 2.05) is 0 Å². The summed E-state index contributed by atoms with van der Waals surface area (Å²) < 4.78 is 30.0. The number of rotatable bonds is 9. The van der Waals surface area contributed by atoms with E-state index in [2.05, 4.69) is 15.5 Å². The third-order valence-electron chi connectivity index (χ3n) is 5.24. The second-order valence-electron chi connectivity index (χ2n) is 7.99. The fraction of sp³-hybridized carbons (Fsp3) is 0.286. The molecule has 4 rings (SSSR count). The molecule has 1 aromatic heterocycles. The highest BCUT2D eigenvalue weighted by Gasteiger charge is 2.50. The summed E-state index contributed by atoms with van der Waals surface area (Å²) in [5.41, 5.74) is 6.00. The van der Waals surface area contributed by atoms with Crippen LogP contribution in [0.5, 0.6) is 11.5 Å². The van der Waals surface area contributed by atoms with Crippen molar-refractivity contribution in [2.75, 3.05) is 24.0 Å². The van der Waals surface area contributed by atoms with Crippen molar-refractivity contribution in [3.63, 3.8) is 0 Å². The van der Waals surface area contributed by atoms with Crippen molar-refractivity contribution >= 4 is 61.6 Å². The second-order valence-corrected chi connectivity index (χ2v) is 11.9. The Morgan fingerprint density at radius 1 is 1.32 bits per heavy atom. The number of thioether (sulfide) groups is 1. The summed E-state index contributed by atoms with van der Waals surface area (Å²) in [6, 6.07) is 2.01. The van der Waals surface area contributed by atoms with E-state index in [-0.39, 0.29) is 22.3 Å². The molecule has 1 fully saturated rings. The maximum atomic E-state index is 13.1. The number of nitrogens with zero attached hydrogens (tertiary/aromatic N) is 3. The highest BCUT2D eigenvalue weighted by Crippen LogP contribution is 2.36. The Balaban J connectivity index is 1.46. The van der Waals surface area contributed by atoms with E-state index in [9.17, 15) is 33.0 Å². The van der Waals surface area contributed by atoms with Crippen LogP contribution >= 0.6 is 23.1 Å². The standard InChI is InChI=1S/C21H21N5O9S3/c1-10(27)34-6-11-5-26-19(31)17(20(26)36-7-11)24-18(30)16(13-8-37-21(22)23-13)25-35-9-38(32,33)12-2-3-14(28)15(29)4-12/h2-5,8,17,20,28-29H,6-7,9H2,1H3,(H2,22,23)(H,24,30)/t17-,20-/m1/s1. The SMILES string of the molecule is CC(=O)OCC1=CN2C(=O)[C@@H](NC(=O)C(=NOCS(=O)(=O)c3ccc(O)c(O)c3)c3csc(N)n3)[C@H]2SC1. The number of amides is 2. The molecule has 0 aliphatic carbocycles. The zero-order chi connectivity index (χ0) is 27.6. The number of fused-ring (bicyclic) bond motifs is 1. The summed E-state index contributed by atoms with van der Waals surface area (Å²) in [7, 11) is -4.13. The third kappa shape index (κ3) is 5.84. The van der Waals surface area contributed by atoms with Crippen LogP contribution < -0.4 is 11.1 Å². The van der Waals surface area contributed by atoms with Crippen LogP contribution in [0.2, 0.25) is 0 Å². The van der Waals surface area contributed by atoms with Gasteiger partial charge in [0, 0.05) is 30.3 Å². The summed E-state index contributed by atoms with van der Waals surface area (Å²) in [6.07, 6.45) is 1.58. The van der Waals surface area contributed by atoms with Gasteiger partial charge in [-0.05, 0) is 17.7 Å². The molecule has 0 radical (unpaired) electrons. The summed E-state index contributed by atoms with van der Waals surface area (Å²) in [5.74, 6) is -3.35. The molecule has 2 aromatic rings. The van der Waals surface area contributed by atoms with Gasteiger partial charge in [0.1, 0.15) is 23.7 Å². The van der Waals surface area contributed by atoms with Gasteiger partial charge in [0.05, 0.1) is 4.90 Å². The molecular weight excluding hydrogens is 562 g/mol. The number of nitrogens with two attached hydrogens (primary N) is 1. The number of aromatic hydroxyl groups is 2. The van der Waals surface area contributed by atoms with Crippen molar-refractivity contribution in [3.05, 3.63) is 41.0 Å². The number of esters is 1. The Hall–Kier alpha value is -3.83. The number of sulfone groups is 1. The first-order valence-corrected chi connectivity index (χ1v) is 14.3. The van der Waals surface area contributed by atoms with Gasteiger partial charge < -0.3 is 35.7 Å². The van der Waals surface area contributed by atoms with Crippen molar-refractivity contribution in [2.45, 2.75) is 23.2 Å². The van der Waals surface area contributed by atoms with E-state index >= 15 is 0 Å². The van der Waals surface area contributed by atoms with E-state index in [0.717, 1.165) is 35.1 Å². The molecule has 2 amide bonds. The molecular formula is C21H21N5O9S3. The first-order valence-electron chi connectivity index (χ1n) is 10.7. The number of hydrogen-bond acceptors (Lipinski definition) is 14. The van der Waals surface area contributed by atoms with Gasteiger partial charge in [-0.2, -0.15) is 0 Å². The number of anilines is 1. The van der Waals surface area contributed by atoms with Crippen molar-refractivity contribution in [2.24, 2.45) is 5.16 Å². The first kappa shape index (κ1) is 27.2. The van der Waals surface area contributed by atoms with Gasteiger partial charge in [-0.3, -0.25) is 14.4 Å². The molecule has 17 heteroatoms. The topological polar surface area (TPSA) is 211 Å². The molecule has 1 saturated heterocycles. The van der Waals surface area contributed by atoms with E-state index in [1.165, 1.54) is 29.0 Å². The Labute approximate surface area is 224 Å². The van der Waals surface area contributed by atoms with E-state index < -0.39 is 62.2 Å². The van der Waals surface area contributed by atoms with Crippen LogP contribution in [0.15, 0.2) is 45.4 Å². The normalized spacial score (nSPS) is 19.2. The molecule has 3 heterocycles. The van der Waals surface area contributed by atoms with Gasteiger partial charge in [-0.25, -0.2) is 13.4 Å². The average molecular weight is 584 g/mol. The van der Waals surface area contributed by atoms with Gasteiger partial charge in [-0.15, -0.1) is 23.1 Å². The van der Waals surface area contributed by atoms with Gasteiger partial charge >= 0.3 is 5.97 Å². The number of ether oxygens (including phenoxy) is 1. The first-order chi connectivity index (χ1) is 18.0. The molecule has 0 unspecified atom stereocenters. The Morgan fingerprint density at radius 2 is 2.08 bits per heavy atom. The lowest BCUT2D eigenvalue weighted by Crippen LogP contribution is -2.69. The number of carbonyl (C=O) groups is 3. The molecule has 202 valence electrons. The van der Waals surface area contributed by atoms with Crippen LogP contribution in [0, 0.1) is 0 Å². The monoisotopic (exact) mass is 583 g/mol.